The van der Waals surface area contributed by atoms with Crippen LogP contribution in [0.5, 0.6) is 0 Å². The molecule has 1 aliphatic heterocycles. The maximum absolute atomic E-state index is 10.0. The first-order valence-electron chi connectivity index (χ1n) is 6.16. The smallest absolute Gasteiger partial charge is 0.224 e. The Labute approximate surface area is 118 Å². The van der Waals surface area contributed by atoms with E-state index in [2.05, 4.69) is 20.4 Å². The van der Waals surface area contributed by atoms with Crippen LogP contribution in [0.3, 0.4) is 0 Å². The van der Waals surface area contributed by atoms with Gasteiger partial charge in [0.15, 0.2) is 23.2 Å². The lowest BCUT2D eigenvalue weighted by atomic mass is 10.1. The van der Waals surface area contributed by atoms with E-state index in [1.54, 1.807) is 0 Å². The number of imidazole rings is 1. The van der Waals surface area contributed by atoms with Crippen molar-refractivity contribution in [2.75, 3.05) is 17.8 Å². The zero-order valence-electron chi connectivity index (χ0n) is 10.8. The highest BCUT2D eigenvalue weighted by atomic mass is 16.6. The molecule has 4 unspecified atom stereocenters. The number of hydrogen-bond donors (Lipinski definition) is 6. The molecule has 8 N–H and O–H groups in total. The van der Waals surface area contributed by atoms with E-state index in [1.165, 1.54) is 10.9 Å². The normalized spacial score (nSPS) is 29.1. The molecule has 21 heavy (non-hydrogen) atoms. The van der Waals surface area contributed by atoms with E-state index in [-0.39, 0.29) is 17.4 Å². The van der Waals surface area contributed by atoms with E-state index in [4.69, 9.17) is 21.4 Å². The van der Waals surface area contributed by atoms with Crippen LogP contribution in [0.4, 0.5) is 11.8 Å². The van der Waals surface area contributed by atoms with E-state index in [0.29, 0.717) is 5.52 Å². The summed E-state index contributed by atoms with van der Waals surface area (Å²) in [6, 6.07) is 0. The minimum atomic E-state index is -1.25. The molecule has 11 nitrogen and oxygen atoms in total. The number of nitrogens with one attached hydrogen (secondary N) is 1. The van der Waals surface area contributed by atoms with E-state index < -0.39 is 31.1 Å². The molecule has 3 rings (SSSR count). The first-order chi connectivity index (χ1) is 10.1. The van der Waals surface area contributed by atoms with Crippen molar-refractivity contribution < 1.29 is 20.1 Å². The highest BCUT2D eigenvalue weighted by molar-refractivity contribution is 5.83. The third kappa shape index (κ3) is 2.07. The van der Waals surface area contributed by atoms with Gasteiger partial charge in [0.05, 0.1) is 12.9 Å². The van der Waals surface area contributed by atoms with Gasteiger partial charge in [-0.05, 0) is 0 Å². The van der Waals surface area contributed by atoms with Gasteiger partial charge in [-0.3, -0.25) is 4.57 Å². The first kappa shape index (κ1) is 13.9. The quantitative estimate of drug-likeness (QED) is 0.258. The van der Waals surface area contributed by atoms with Gasteiger partial charge < -0.3 is 31.2 Å². The lowest BCUT2D eigenvalue weighted by Gasteiger charge is -2.16. The summed E-state index contributed by atoms with van der Waals surface area (Å²) >= 11 is 0. The van der Waals surface area contributed by atoms with Crippen molar-refractivity contribution >= 4 is 22.9 Å². The summed E-state index contributed by atoms with van der Waals surface area (Å²) in [5, 5.41) is 28.9. The Morgan fingerprint density at radius 1 is 1.33 bits per heavy atom. The predicted octanol–water partition coefficient (Wildman–Crippen LogP) is -2.69. The standard InChI is InChI=1S/C10H15N7O4/c11-10-14-7(16-12)4-8(15-10)17(2-13-4)9-6(20)5(19)3(1-18)21-9/h2-3,5-6,9,18-20H,1,12H2,(H3,11,14,15,16). The highest BCUT2D eigenvalue weighted by Gasteiger charge is 2.44. The zero-order chi connectivity index (χ0) is 15.1. The maximum atomic E-state index is 10.0. The van der Waals surface area contributed by atoms with Crippen LogP contribution in [-0.2, 0) is 4.74 Å². The van der Waals surface area contributed by atoms with Crippen LogP contribution in [0.1, 0.15) is 6.23 Å². The average Bonchev–Trinajstić information content (AvgIpc) is 3.01. The summed E-state index contributed by atoms with van der Waals surface area (Å²) in [5.74, 6) is 5.53. The maximum Gasteiger partial charge on any atom is 0.224 e. The topological polar surface area (TPSA) is 178 Å². The molecule has 4 atom stereocenters. The second-order valence-electron chi connectivity index (χ2n) is 4.63. The number of nitrogens with two attached hydrogens (primary N) is 2. The van der Waals surface area contributed by atoms with Crippen LogP contribution in [0, 0.1) is 0 Å². The molecule has 0 saturated carbocycles. The largest absolute Gasteiger partial charge is 0.394 e. The van der Waals surface area contributed by atoms with Crippen LogP contribution >= 0.6 is 0 Å². The van der Waals surface area contributed by atoms with E-state index in [1.807, 2.05) is 0 Å². The first-order valence-corrected chi connectivity index (χ1v) is 6.16. The Morgan fingerprint density at radius 3 is 2.71 bits per heavy atom. The second-order valence-corrected chi connectivity index (χ2v) is 4.63. The van der Waals surface area contributed by atoms with Crippen LogP contribution in [0.2, 0.25) is 0 Å². The van der Waals surface area contributed by atoms with Gasteiger partial charge in [-0.15, -0.1) is 0 Å². The van der Waals surface area contributed by atoms with Gasteiger partial charge in [-0.2, -0.15) is 9.97 Å². The van der Waals surface area contributed by atoms with Crippen LogP contribution in [-0.4, -0.2) is 59.8 Å². The Bertz CT molecular complexity index is 662. The summed E-state index contributed by atoms with van der Waals surface area (Å²) in [6.07, 6.45) is -2.95. The van der Waals surface area contributed by atoms with Crippen LogP contribution in [0.25, 0.3) is 11.2 Å². The van der Waals surface area contributed by atoms with Gasteiger partial charge in [0, 0.05) is 0 Å². The molecule has 1 saturated heterocycles. The molecule has 0 aliphatic carbocycles. The van der Waals surface area contributed by atoms with Gasteiger partial charge in [0.2, 0.25) is 5.95 Å². The van der Waals surface area contributed by atoms with E-state index >= 15 is 0 Å². The number of aromatic nitrogens is 4. The number of ether oxygens (including phenoxy) is 1. The summed E-state index contributed by atoms with van der Waals surface area (Å²) in [6.45, 7) is -0.423. The van der Waals surface area contributed by atoms with E-state index in [9.17, 15) is 10.2 Å². The Hall–Kier alpha value is -2.05. The summed E-state index contributed by atoms with van der Waals surface area (Å²) in [4.78, 5) is 12.0. The van der Waals surface area contributed by atoms with Crippen LogP contribution in [0.15, 0.2) is 6.33 Å². The number of hydrogen-bond acceptors (Lipinski definition) is 10. The van der Waals surface area contributed by atoms with Crippen molar-refractivity contribution in [1.82, 2.24) is 19.5 Å². The fourth-order valence-electron chi connectivity index (χ4n) is 2.33. The molecule has 2 aromatic rings. The molecule has 114 valence electrons. The number of hydrazine groups is 1. The number of nitrogen functional groups attached to an aromatic ring is 2. The number of fused-ring (bicyclic) bond motifs is 1. The lowest BCUT2D eigenvalue weighted by molar-refractivity contribution is -0.0511. The van der Waals surface area contributed by atoms with Crippen molar-refractivity contribution in [2.45, 2.75) is 24.5 Å². The molecular weight excluding hydrogens is 282 g/mol. The third-order valence-electron chi connectivity index (χ3n) is 3.37. The van der Waals surface area contributed by atoms with Gasteiger partial charge in [-0.25, -0.2) is 10.8 Å². The Kier molecular flexibility index (Phi) is 3.35. The van der Waals surface area contributed by atoms with Crippen molar-refractivity contribution in [3.8, 4) is 0 Å². The van der Waals surface area contributed by atoms with Crippen molar-refractivity contribution in [2.24, 2.45) is 5.84 Å². The second kappa shape index (κ2) is 5.05. The molecule has 0 bridgehead atoms. The lowest BCUT2D eigenvalue weighted by Crippen LogP contribution is -2.33. The van der Waals surface area contributed by atoms with Gasteiger partial charge in [0.25, 0.3) is 0 Å². The summed E-state index contributed by atoms with van der Waals surface area (Å²) in [7, 11) is 0. The number of aliphatic hydroxyl groups excluding tert-OH is 3. The van der Waals surface area contributed by atoms with Crippen LogP contribution < -0.4 is 17.0 Å². The minimum Gasteiger partial charge on any atom is -0.394 e. The Balaban J connectivity index is 2.07. The molecule has 1 aliphatic rings. The molecule has 1 fully saturated rings. The minimum absolute atomic E-state index is 0.0380. The molecular formula is C10H15N7O4. The molecule has 0 radical (unpaired) electrons. The summed E-state index contributed by atoms with van der Waals surface area (Å²) < 4.78 is 6.82. The number of anilines is 2. The average molecular weight is 297 g/mol. The fraction of sp³-hybridized carbons (Fsp3) is 0.500. The molecule has 0 aromatic carbocycles. The molecule has 0 amide bonds. The highest BCUT2D eigenvalue weighted by Crippen LogP contribution is 2.32. The fourth-order valence-corrected chi connectivity index (χ4v) is 2.33. The van der Waals surface area contributed by atoms with Crippen molar-refractivity contribution in [1.29, 1.82) is 0 Å². The molecule has 2 aromatic heterocycles. The monoisotopic (exact) mass is 297 g/mol. The number of nitrogens with zero attached hydrogens (tertiary/aromatic N) is 4. The predicted molar refractivity (Wildman–Crippen MR) is 70.6 cm³/mol. The molecule has 3 heterocycles. The SMILES string of the molecule is NNc1nc(N)nc2c1ncn2C1OC(CO)C(O)C1O. The molecule has 11 heteroatoms. The Morgan fingerprint density at radius 2 is 2.10 bits per heavy atom. The number of aliphatic hydroxyl groups is 3. The van der Waals surface area contributed by atoms with Crippen molar-refractivity contribution in [3.63, 3.8) is 0 Å². The molecule has 0 spiro atoms. The van der Waals surface area contributed by atoms with Gasteiger partial charge in [-0.1, -0.05) is 0 Å². The number of rotatable bonds is 3. The van der Waals surface area contributed by atoms with E-state index in [0.717, 1.165) is 0 Å². The summed E-state index contributed by atoms with van der Waals surface area (Å²) in [5.41, 5.74) is 8.57. The zero-order valence-corrected chi connectivity index (χ0v) is 10.8. The van der Waals surface area contributed by atoms with Crippen molar-refractivity contribution in [3.05, 3.63) is 6.33 Å². The van der Waals surface area contributed by atoms with Gasteiger partial charge in [0.1, 0.15) is 18.3 Å². The third-order valence-corrected chi connectivity index (χ3v) is 3.37. The van der Waals surface area contributed by atoms with Gasteiger partial charge >= 0.3 is 0 Å².